The van der Waals surface area contributed by atoms with Gasteiger partial charge in [-0.3, -0.25) is 4.79 Å². The van der Waals surface area contributed by atoms with Crippen LogP contribution in [0.4, 0.5) is 13.2 Å². The largest absolute Gasteiger partial charge is 0.453 e. The van der Waals surface area contributed by atoms with E-state index in [0.29, 0.717) is 28.4 Å². The number of benzene rings is 1. The summed E-state index contributed by atoms with van der Waals surface area (Å²) in [5.74, 6) is -1.68. The molecule has 29 heavy (non-hydrogen) atoms. The Morgan fingerprint density at radius 2 is 1.93 bits per heavy atom. The number of fused-ring (bicyclic) bond motifs is 1. The van der Waals surface area contributed by atoms with Crippen LogP contribution in [0, 0.1) is 13.8 Å². The SMILES string of the molecule is Cc1nc2nc(C(F)(F)F)nn2c(C)c1CC(=O)N[C@@H](C)Cc1ccccc1Cl. The van der Waals surface area contributed by atoms with Crippen molar-refractivity contribution in [2.24, 2.45) is 0 Å². The van der Waals surface area contributed by atoms with Gasteiger partial charge in [0.1, 0.15) is 0 Å². The molecule has 0 spiro atoms. The van der Waals surface area contributed by atoms with E-state index in [4.69, 9.17) is 11.6 Å². The number of amides is 1. The first kappa shape index (κ1) is 21.0. The minimum Gasteiger partial charge on any atom is -0.353 e. The number of alkyl halides is 3. The van der Waals surface area contributed by atoms with Gasteiger partial charge in [-0.25, -0.2) is 9.50 Å². The number of halogens is 4. The van der Waals surface area contributed by atoms with Crippen LogP contribution < -0.4 is 5.32 Å². The van der Waals surface area contributed by atoms with Gasteiger partial charge in [0, 0.05) is 28.0 Å². The van der Waals surface area contributed by atoms with E-state index in [9.17, 15) is 18.0 Å². The summed E-state index contributed by atoms with van der Waals surface area (Å²) in [6.45, 7) is 5.08. The zero-order chi connectivity index (χ0) is 21.3. The second-order valence-corrected chi connectivity index (χ2v) is 7.25. The molecule has 1 N–H and O–H groups in total. The van der Waals surface area contributed by atoms with E-state index >= 15 is 0 Å². The van der Waals surface area contributed by atoms with Gasteiger partial charge in [-0.1, -0.05) is 29.8 Å². The first-order valence-corrected chi connectivity index (χ1v) is 9.27. The van der Waals surface area contributed by atoms with Gasteiger partial charge in [0.05, 0.1) is 6.42 Å². The molecule has 3 rings (SSSR count). The van der Waals surface area contributed by atoms with Crippen molar-refractivity contribution in [3.63, 3.8) is 0 Å². The Hall–Kier alpha value is -2.68. The molecule has 10 heteroatoms. The van der Waals surface area contributed by atoms with Gasteiger partial charge in [0.25, 0.3) is 11.6 Å². The van der Waals surface area contributed by atoms with Crippen LogP contribution in [-0.4, -0.2) is 31.5 Å². The van der Waals surface area contributed by atoms with Crippen molar-refractivity contribution in [1.82, 2.24) is 24.9 Å². The van der Waals surface area contributed by atoms with Crippen LogP contribution >= 0.6 is 11.6 Å². The molecule has 3 aromatic rings. The predicted octanol–water partition coefficient (Wildman–Crippen LogP) is 3.70. The third kappa shape index (κ3) is 4.67. The van der Waals surface area contributed by atoms with Gasteiger partial charge in [0.15, 0.2) is 0 Å². The average molecular weight is 426 g/mol. The molecule has 154 valence electrons. The van der Waals surface area contributed by atoms with Crippen molar-refractivity contribution >= 4 is 23.3 Å². The maximum Gasteiger partial charge on any atom is 0.453 e. The summed E-state index contributed by atoms with van der Waals surface area (Å²) in [5, 5.41) is 7.00. The Bertz CT molecular complexity index is 1060. The Morgan fingerprint density at radius 1 is 1.24 bits per heavy atom. The summed E-state index contributed by atoms with van der Waals surface area (Å²) in [6, 6.07) is 7.20. The molecule has 0 bridgehead atoms. The monoisotopic (exact) mass is 425 g/mol. The van der Waals surface area contributed by atoms with Gasteiger partial charge >= 0.3 is 6.18 Å². The highest BCUT2D eigenvalue weighted by molar-refractivity contribution is 6.31. The third-order valence-corrected chi connectivity index (χ3v) is 4.90. The van der Waals surface area contributed by atoms with Crippen molar-refractivity contribution in [3.8, 4) is 0 Å². The number of carbonyl (C=O) groups is 1. The molecule has 0 saturated heterocycles. The van der Waals surface area contributed by atoms with E-state index in [-0.39, 0.29) is 24.1 Å². The zero-order valence-corrected chi connectivity index (χ0v) is 16.8. The molecule has 0 aliphatic rings. The highest BCUT2D eigenvalue weighted by Gasteiger charge is 2.37. The topological polar surface area (TPSA) is 72.2 Å². The second kappa shape index (κ2) is 7.98. The maximum atomic E-state index is 12.9. The first-order valence-electron chi connectivity index (χ1n) is 8.89. The first-order chi connectivity index (χ1) is 13.6. The van der Waals surface area contributed by atoms with Crippen LogP contribution in [-0.2, 0) is 23.8 Å². The van der Waals surface area contributed by atoms with E-state index in [1.54, 1.807) is 19.9 Å². The Kier molecular flexibility index (Phi) is 5.79. The number of hydrogen-bond acceptors (Lipinski definition) is 4. The molecule has 1 amide bonds. The van der Waals surface area contributed by atoms with Crippen molar-refractivity contribution in [2.75, 3.05) is 0 Å². The van der Waals surface area contributed by atoms with Crippen molar-refractivity contribution in [2.45, 2.75) is 45.8 Å². The van der Waals surface area contributed by atoms with Gasteiger partial charge < -0.3 is 5.32 Å². The normalized spacial score (nSPS) is 12.9. The van der Waals surface area contributed by atoms with Crippen molar-refractivity contribution < 1.29 is 18.0 Å². The van der Waals surface area contributed by atoms with Crippen LogP contribution in [0.15, 0.2) is 24.3 Å². The molecule has 0 aliphatic heterocycles. The highest BCUT2D eigenvalue weighted by Crippen LogP contribution is 2.27. The maximum absolute atomic E-state index is 12.9. The predicted molar refractivity (Wildman–Crippen MR) is 102 cm³/mol. The highest BCUT2D eigenvalue weighted by atomic mass is 35.5. The summed E-state index contributed by atoms with van der Waals surface area (Å²) in [4.78, 5) is 20.0. The molecular formula is C19H19ClF3N5O. The average Bonchev–Trinajstić information content (AvgIpc) is 3.05. The van der Waals surface area contributed by atoms with Crippen molar-refractivity contribution in [1.29, 1.82) is 0 Å². The second-order valence-electron chi connectivity index (χ2n) is 6.85. The molecule has 0 radical (unpaired) electrons. The van der Waals surface area contributed by atoms with Crippen LogP contribution in [0.25, 0.3) is 5.78 Å². The fourth-order valence-corrected chi connectivity index (χ4v) is 3.33. The van der Waals surface area contributed by atoms with E-state index in [1.165, 1.54) is 0 Å². The fourth-order valence-electron chi connectivity index (χ4n) is 3.12. The minimum absolute atomic E-state index is 0.0331. The molecular weight excluding hydrogens is 407 g/mol. The quantitative estimate of drug-likeness (QED) is 0.676. The van der Waals surface area contributed by atoms with Gasteiger partial charge in [-0.2, -0.15) is 18.2 Å². The standard InChI is InChI=1S/C19H19ClF3N5O/c1-10(8-13-6-4-5-7-15(13)20)24-16(29)9-14-11(2)25-18-26-17(19(21,22)23)27-28(18)12(14)3/h4-7,10H,8-9H2,1-3H3,(H,24,29)/t10-/m0/s1. The molecule has 1 atom stereocenters. The molecule has 2 aromatic heterocycles. The number of rotatable bonds is 5. The lowest BCUT2D eigenvalue weighted by molar-refractivity contribution is -0.144. The van der Waals surface area contributed by atoms with Gasteiger partial charge in [-0.15, -0.1) is 5.10 Å². The number of nitrogens with one attached hydrogen (secondary N) is 1. The van der Waals surface area contributed by atoms with Crippen LogP contribution in [0.2, 0.25) is 5.02 Å². The van der Waals surface area contributed by atoms with Crippen LogP contribution in [0.1, 0.15) is 35.3 Å². The fraction of sp³-hybridized carbons (Fsp3) is 0.368. The van der Waals surface area contributed by atoms with Crippen molar-refractivity contribution in [3.05, 3.63) is 57.6 Å². The lowest BCUT2D eigenvalue weighted by atomic mass is 10.1. The third-order valence-electron chi connectivity index (χ3n) is 4.53. The number of nitrogens with zero attached hydrogens (tertiary/aromatic N) is 4. The lowest BCUT2D eigenvalue weighted by Crippen LogP contribution is -2.35. The van der Waals surface area contributed by atoms with Gasteiger partial charge in [-0.05, 0) is 38.8 Å². The van der Waals surface area contributed by atoms with Gasteiger partial charge in [0.2, 0.25) is 5.91 Å². The number of hydrogen-bond donors (Lipinski definition) is 1. The Morgan fingerprint density at radius 3 is 2.59 bits per heavy atom. The molecule has 1 aromatic carbocycles. The number of aryl methyl sites for hydroxylation is 2. The molecule has 2 heterocycles. The zero-order valence-electron chi connectivity index (χ0n) is 16.0. The minimum atomic E-state index is -4.67. The summed E-state index contributed by atoms with van der Waals surface area (Å²) in [5.41, 5.74) is 2.26. The smallest absolute Gasteiger partial charge is 0.353 e. The summed E-state index contributed by atoms with van der Waals surface area (Å²) in [7, 11) is 0. The Balaban J connectivity index is 1.76. The van der Waals surface area contributed by atoms with E-state index in [2.05, 4.69) is 20.4 Å². The number of carbonyl (C=O) groups excluding carboxylic acids is 1. The molecule has 0 aliphatic carbocycles. The molecule has 6 nitrogen and oxygen atoms in total. The van der Waals surface area contributed by atoms with Crippen LogP contribution in [0.5, 0.6) is 0 Å². The molecule has 0 unspecified atom stereocenters. The molecule has 0 fully saturated rings. The molecule has 0 saturated carbocycles. The lowest BCUT2D eigenvalue weighted by Gasteiger charge is -2.16. The van der Waals surface area contributed by atoms with E-state index in [1.807, 2.05) is 25.1 Å². The Labute approximate surface area is 170 Å². The van der Waals surface area contributed by atoms with Crippen LogP contribution in [0.3, 0.4) is 0 Å². The number of aromatic nitrogens is 4. The summed E-state index contributed by atoms with van der Waals surface area (Å²) < 4.78 is 39.7. The van der Waals surface area contributed by atoms with E-state index < -0.39 is 12.0 Å². The summed E-state index contributed by atoms with van der Waals surface area (Å²) in [6.07, 6.45) is -4.15. The summed E-state index contributed by atoms with van der Waals surface area (Å²) >= 11 is 6.15. The van der Waals surface area contributed by atoms with E-state index in [0.717, 1.165) is 10.1 Å².